The number of benzene rings is 2. The average molecular weight is 485 g/mol. The molecule has 7 heteroatoms. The number of rotatable bonds is 9. The number of hydrogen-bond donors (Lipinski definition) is 2. The van der Waals surface area contributed by atoms with Gasteiger partial charge in [0.1, 0.15) is 0 Å². The molecular weight excluding hydrogens is 456 g/mol. The molecule has 0 saturated heterocycles. The number of carbonyl (C=O) groups excluding carboxylic acids is 2. The van der Waals surface area contributed by atoms with Crippen molar-refractivity contribution in [3.8, 4) is 0 Å². The van der Waals surface area contributed by atoms with Crippen LogP contribution in [0.25, 0.3) is 5.57 Å². The largest absolute Gasteiger partial charge is 0.373 e. The summed E-state index contributed by atoms with van der Waals surface area (Å²) in [6.45, 7) is 5.31. The van der Waals surface area contributed by atoms with Gasteiger partial charge in [-0.15, -0.1) is 0 Å². The quantitative estimate of drug-likeness (QED) is 0.409. The minimum absolute atomic E-state index is 0.377. The maximum Gasteiger partial charge on any atom is 0.260 e. The molecule has 31 heavy (non-hydrogen) atoms. The first-order chi connectivity index (χ1) is 14.9. The molecule has 0 fully saturated rings. The van der Waals surface area contributed by atoms with Gasteiger partial charge in [0.05, 0.1) is 5.57 Å². The Balaban J connectivity index is 1.66. The first-order valence-corrected chi connectivity index (χ1v) is 11.3. The average Bonchev–Trinajstić information content (AvgIpc) is 2.76. The first kappa shape index (κ1) is 23.0. The molecule has 0 unspecified atom stereocenters. The minimum Gasteiger partial charge on any atom is -0.373 e. The van der Waals surface area contributed by atoms with Crippen LogP contribution in [0.1, 0.15) is 35.7 Å². The molecule has 164 valence electrons. The monoisotopic (exact) mass is 484 g/mol. The molecule has 3 rings (SSSR count). The molecule has 0 aliphatic carbocycles. The number of hydrogen-bond acceptors (Lipinski definition) is 5. The van der Waals surface area contributed by atoms with Gasteiger partial charge in [-0.1, -0.05) is 29.3 Å². The number of unbranched alkanes of at least 4 members (excludes halogenated alkanes) is 1. The summed E-state index contributed by atoms with van der Waals surface area (Å²) in [5.41, 5.74) is 3.52. The molecule has 2 amide bonds. The SMILES string of the molecule is CCCCN(C)CCN(C)c1ccc(N/C=C2/C(=O)NC(=O)c3ccc(Br)cc32)cc1. The lowest BCUT2D eigenvalue weighted by Crippen LogP contribution is -2.36. The number of likely N-dealkylation sites (N-methyl/N-ethyl adjacent to an activating group) is 2. The maximum absolute atomic E-state index is 12.4. The van der Waals surface area contributed by atoms with Gasteiger partial charge in [0.25, 0.3) is 11.8 Å². The van der Waals surface area contributed by atoms with Crippen molar-refractivity contribution in [2.45, 2.75) is 19.8 Å². The van der Waals surface area contributed by atoms with Crippen LogP contribution >= 0.6 is 15.9 Å². The molecule has 1 heterocycles. The predicted octanol–water partition coefficient (Wildman–Crippen LogP) is 4.34. The minimum atomic E-state index is -0.411. The van der Waals surface area contributed by atoms with Gasteiger partial charge in [-0.2, -0.15) is 0 Å². The van der Waals surface area contributed by atoms with Crippen LogP contribution < -0.4 is 15.5 Å². The lowest BCUT2D eigenvalue weighted by Gasteiger charge is -2.24. The number of imide groups is 1. The van der Waals surface area contributed by atoms with E-state index >= 15 is 0 Å². The van der Waals surface area contributed by atoms with Gasteiger partial charge < -0.3 is 15.1 Å². The molecule has 6 nitrogen and oxygen atoms in total. The Hall–Kier alpha value is -2.64. The second-order valence-corrected chi connectivity index (χ2v) is 8.72. The Morgan fingerprint density at radius 3 is 2.42 bits per heavy atom. The van der Waals surface area contributed by atoms with E-state index in [9.17, 15) is 9.59 Å². The van der Waals surface area contributed by atoms with Gasteiger partial charge in [0, 0.05) is 53.3 Å². The first-order valence-electron chi connectivity index (χ1n) is 10.5. The van der Waals surface area contributed by atoms with Crippen LogP contribution in [0.15, 0.2) is 53.1 Å². The van der Waals surface area contributed by atoms with E-state index in [1.807, 2.05) is 12.1 Å². The van der Waals surface area contributed by atoms with Gasteiger partial charge in [0.15, 0.2) is 0 Å². The highest BCUT2D eigenvalue weighted by Gasteiger charge is 2.27. The van der Waals surface area contributed by atoms with Crippen molar-refractivity contribution >= 4 is 44.7 Å². The number of fused-ring (bicyclic) bond motifs is 1. The molecule has 0 saturated carbocycles. The number of halogens is 1. The Morgan fingerprint density at radius 1 is 0.968 bits per heavy atom. The number of amides is 2. The highest BCUT2D eigenvalue weighted by molar-refractivity contribution is 9.10. The number of nitrogens with one attached hydrogen (secondary N) is 2. The summed E-state index contributed by atoms with van der Waals surface area (Å²) in [6, 6.07) is 13.4. The normalized spacial score (nSPS) is 14.5. The van der Waals surface area contributed by atoms with Crippen LogP contribution in [0, 0.1) is 0 Å². The lowest BCUT2D eigenvalue weighted by atomic mass is 9.95. The predicted molar refractivity (Wildman–Crippen MR) is 130 cm³/mol. The van der Waals surface area contributed by atoms with Gasteiger partial charge in [-0.25, -0.2) is 0 Å². The highest BCUT2D eigenvalue weighted by atomic mass is 79.9. The van der Waals surface area contributed by atoms with E-state index in [0.717, 1.165) is 35.5 Å². The number of carbonyl (C=O) groups is 2. The van der Waals surface area contributed by atoms with Crippen molar-refractivity contribution in [2.75, 3.05) is 43.9 Å². The fourth-order valence-corrected chi connectivity index (χ4v) is 3.76. The molecule has 2 aromatic carbocycles. The van der Waals surface area contributed by atoms with Crippen molar-refractivity contribution in [1.29, 1.82) is 0 Å². The third-order valence-electron chi connectivity index (χ3n) is 5.39. The van der Waals surface area contributed by atoms with Crippen molar-refractivity contribution in [3.05, 3.63) is 64.3 Å². The molecular formula is C24H29BrN4O2. The third kappa shape index (κ3) is 5.95. The zero-order valence-electron chi connectivity index (χ0n) is 18.2. The molecule has 0 atom stereocenters. The summed E-state index contributed by atoms with van der Waals surface area (Å²) < 4.78 is 0.812. The van der Waals surface area contributed by atoms with Gasteiger partial charge in [-0.05, 0) is 62.5 Å². The molecule has 0 radical (unpaired) electrons. The fourth-order valence-electron chi connectivity index (χ4n) is 3.40. The summed E-state index contributed by atoms with van der Waals surface area (Å²) >= 11 is 3.41. The second-order valence-electron chi connectivity index (χ2n) is 7.80. The van der Waals surface area contributed by atoms with E-state index in [1.165, 1.54) is 12.8 Å². The number of anilines is 2. The van der Waals surface area contributed by atoms with Gasteiger partial charge >= 0.3 is 0 Å². The van der Waals surface area contributed by atoms with E-state index in [4.69, 9.17) is 0 Å². The fraction of sp³-hybridized carbons (Fsp3) is 0.333. The topological polar surface area (TPSA) is 64.7 Å². The Labute approximate surface area is 192 Å². The summed E-state index contributed by atoms with van der Waals surface area (Å²) in [4.78, 5) is 29.0. The third-order valence-corrected chi connectivity index (χ3v) is 5.88. The Bertz CT molecular complexity index is 972. The van der Waals surface area contributed by atoms with E-state index in [-0.39, 0.29) is 5.91 Å². The zero-order valence-corrected chi connectivity index (χ0v) is 19.8. The summed E-state index contributed by atoms with van der Waals surface area (Å²) in [5.74, 6) is -0.788. The van der Waals surface area contributed by atoms with Crippen LogP contribution in [-0.2, 0) is 4.79 Å². The summed E-state index contributed by atoms with van der Waals surface area (Å²) in [5, 5.41) is 5.57. The maximum atomic E-state index is 12.4. The molecule has 1 aliphatic heterocycles. The second kappa shape index (κ2) is 10.6. The lowest BCUT2D eigenvalue weighted by molar-refractivity contribution is -0.114. The summed E-state index contributed by atoms with van der Waals surface area (Å²) in [6.07, 6.45) is 4.09. The highest BCUT2D eigenvalue weighted by Crippen LogP contribution is 2.27. The molecule has 2 N–H and O–H groups in total. The van der Waals surface area contributed by atoms with E-state index in [0.29, 0.717) is 16.7 Å². The molecule has 0 bridgehead atoms. The van der Waals surface area contributed by atoms with Crippen molar-refractivity contribution in [1.82, 2.24) is 10.2 Å². The van der Waals surface area contributed by atoms with E-state index in [1.54, 1.807) is 24.4 Å². The molecule has 0 spiro atoms. The zero-order chi connectivity index (χ0) is 22.4. The van der Waals surface area contributed by atoms with Gasteiger partial charge in [-0.3, -0.25) is 14.9 Å². The van der Waals surface area contributed by atoms with Crippen molar-refractivity contribution < 1.29 is 9.59 Å². The van der Waals surface area contributed by atoms with Crippen molar-refractivity contribution in [3.63, 3.8) is 0 Å². The standard InChI is InChI=1S/C24H29BrN4O2/c1-4-5-12-28(2)13-14-29(3)19-9-7-18(8-10-19)26-16-22-21-15-17(25)6-11-20(21)23(30)27-24(22)31/h6-11,15-16,26H,4-5,12-14H2,1-3H3,(H,27,30,31)/b22-16+. The van der Waals surface area contributed by atoms with E-state index in [2.05, 4.69) is 69.5 Å². The smallest absolute Gasteiger partial charge is 0.260 e. The molecule has 1 aliphatic rings. The van der Waals surface area contributed by atoms with Crippen LogP contribution in [0.2, 0.25) is 0 Å². The van der Waals surface area contributed by atoms with Crippen LogP contribution in [0.3, 0.4) is 0 Å². The number of nitrogens with zero attached hydrogens (tertiary/aromatic N) is 2. The molecule has 2 aromatic rings. The Kier molecular flexibility index (Phi) is 7.87. The van der Waals surface area contributed by atoms with Crippen LogP contribution in [0.4, 0.5) is 11.4 Å². The molecule has 0 aromatic heterocycles. The van der Waals surface area contributed by atoms with Crippen LogP contribution in [0.5, 0.6) is 0 Å². The Morgan fingerprint density at radius 2 is 1.71 bits per heavy atom. The summed E-state index contributed by atoms with van der Waals surface area (Å²) in [7, 11) is 4.26. The van der Waals surface area contributed by atoms with E-state index < -0.39 is 5.91 Å². The van der Waals surface area contributed by atoms with Crippen molar-refractivity contribution in [2.24, 2.45) is 0 Å². The van der Waals surface area contributed by atoms with Gasteiger partial charge in [0.2, 0.25) is 0 Å². The van der Waals surface area contributed by atoms with Crippen LogP contribution in [-0.4, -0.2) is 50.4 Å².